The Morgan fingerprint density at radius 3 is 2.75 bits per heavy atom. The van der Waals surface area contributed by atoms with Crippen molar-refractivity contribution in [3.63, 3.8) is 0 Å². The molecule has 0 unspecified atom stereocenters. The minimum Gasteiger partial charge on any atom is -0.376 e. The minimum atomic E-state index is 0.154. The molecule has 86 valence electrons. The van der Waals surface area contributed by atoms with Gasteiger partial charge in [0.25, 0.3) is 0 Å². The molecule has 0 radical (unpaired) electrons. The standard InChI is InChI=1S/C13H17NO2/c1-9-12-11(8-15-9)13(16-14(12)2)10-6-4-3-5-7-10/h3-7,9,11-13H,8H2,1-2H3/t9-,11+,12-,13-/m0/s1. The Labute approximate surface area is 95.9 Å². The van der Waals surface area contributed by atoms with E-state index < -0.39 is 0 Å². The van der Waals surface area contributed by atoms with E-state index >= 15 is 0 Å². The van der Waals surface area contributed by atoms with Gasteiger partial charge in [-0.15, -0.1) is 0 Å². The summed E-state index contributed by atoms with van der Waals surface area (Å²) in [5.41, 5.74) is 1.25. The number of ether oxygens (including phenoxy) is 1. The summed E-state index contributed by atoms with van der Waals surface area (Å²) in [6.45, 7) is 2.92. The fourth-order valence-corrected chi connectivity index (χ4v) is 2.92. The monoisotopic (exact) mass is 219 g/mol. The predicted octanol–water partition coefficient (Wildman–Crippen LogP) is 2.01. The molecule has 0 aliphatic carbocycles. The summed E-state index contributed by atoms with van der Waals surface area (Å²) < 4.78 is 5.72. The summed E-state index contributed by atoms with van der Waals surface area (Å²) in [5, 5.41) is 1.97. The van der Waals surface area contributed by atoms with Crippen LogP contribution in [-0.4, -0.2) is 30.9 Å². The molecular formula is C13H17NO2. The predicted molar refractivity (Wildman–Crippen MR) is 60.7 cm³/mol. The van der Waals surface area contributed by atoms with Crippen LogP contribution in [0.1, 0.15) is 18.6 Å². The van der Waals surface area contributed by atoms with Gasteiger partial charge in [-0.3, -0.25) is 4.84 Å². The molecule has 16 heavy (non-hydrogen) atoms. The second-order valence-corrected chi connectivity index (χ2v) is 4.68. The lowest BCUT2D eigenvalue weighted by Crippen LogP contribution is -2.33. The highest BCUT2D eigenvalue weighted by molar-refractivity contribution is 5.20. The van der Waals surface area contributed by atoms with Gasteiger partial charge in [0, 0.05) is 13.0 Å². The van der Waals surface area contributed by atoms with Crippen LogP contribution >= 0.6 is 0 Å². The maximum atomic E-state index is 5.94. The molecule has 3 heteroatoms. The van der Waals surface area contributed by atoms with E-state index in [0.717, 1.165) is 6.61 Å². The minimum absolute atomic E-state index is 0.154. The molecule has 2 aliphatic heterocycles. The Balaban J connectivity index is 1.89. The summed E-state index contributed by atoms with van der Waals surface area (Å²) in [6.07, 6.45) is 0.421. The van der Waals surface area contributed by atoms with Gasteiger partial charge in [-0.25, -0.2) is 0 Å². The normalized spacial score (nSPS) is 38.9. The molecule has 0 saturated carbocycles. The van der Waals surface area contributed by atoms with Gasteiger partial charge in [0.2, 0.25) is 0 Å². The Kier molecular flexibility index (Phi) is 2.46. The molecule has 2 heterocycles. The highest BCUT2D eigenvalue weighted by atomic mass is 16.7. The van der Waals surface area contributed by atoms with Gasteiger partial charge in [-0.2, -0.15) is 5.06 Å². The molecular weight excluding hydrogens is 202 g/mol. The van der Waals surface area contributed by atoms with E-state index in [9.17, 15) is 0 Å². The number of likely N-dealkylation sites (N-methyl/N-ethyl adjacent to an activating group) is 1. The van der Waals surface area contributed by atoms with Crippen molar-refractivity contribution in [1.29, 1.82) is 0 Å². The fourth-order valence-electron chi connectivity index (χ4n) is 2.92. The molecule has 2 fully saturated rings. The number of hydroxylamine groups is 2. The van der Waals surface area contributed by atoms with Crippen LogP contribution in [0.25, 0.3) is 0 Å². The third-order valence-corrected chi connectivity index (χ3v) is 3.69. The molecule has 3 nitrogen and oxygen atoms in total. The second kappa shape index (κ2) is 3.84. The Morgan fingerprint density at radius 1 is 1.25 bits per heavy atom. The zero-order chi connectivity index (χ0) is 11.1. The average Bonchev–Trinajstić information content (AvgIpc) is 2.83. The Bertz CT molecular complexity index is 367. The molecule has 0 amide bonds. The van der Waals surface area contributed by atoms with Crippen LogP contribution in [0.3, 0.4) is 0 Å². The van der Waals surface area contributed by atoms with Crippen LogP contribution < -0.4 is 0 Å². The molecule has 2 saturated heterocycles. The van der Waals surface area contributed by atoms with E-state index in [-0.39, 0.29) is 12.2 Å². The van der Waals surface area contributed by atoms with Crippen molar-refractivity contribution in [1.82, 2.24) is 5.06 Å². The lowest BCUT2D eigenvalue weighted by atomic mass is 9.91. The lowest BCUT2D eigenvalue weighted by molar-refractivity contribution is -0.165. The molecule has 1 aromatic carbocycles. The number of hydrogen-bond donors (Lipinski definition) is 0. The molecule has 0 spiro atoms. The van der Waals surface area contributed by atoms with Crippen LogP contribution in [0.5, 0.6) is 0 Å². The van der Waals surface area contributed by atoms with Gasteiger partial charge >= 0.3 is 0 Å². The van der Waals surface area contributed by atoms with E-state index in [2.05, 4.69) is 31.2 Å². The first kappa shape index (κ1) is 10.3. The number of nitrogens with zero attached hydrogens (tertiary/aromatic N) is 1. The van der Waals surface area contributed by atoms with E-state index in [1.54, 1.807) is 0 Å². The van der Waals surface area contributed by atoms with Crippen molar-refractivity contribution in [2.45, 2.75) is 25.2 Å². The van der Waals surface area contributed by atoms with Crippen LogP contribution in [0.2, 0.25) is 0 Å². The topological polar surface area (TPSA) is 21.7 Å². The SMILES string of the molecule is C[C@@H]1OC[C@@H]2[C@H]1N(C)O[C@H]2c1ccccc1. The first-order valence-electron chi connectivity index (χ1n) is 5.83. The smallest absolute Gasteiger partial charge is 0.111 e. The van der Waals surface area contributed by atoms with E-state index in [1.165, 1.54) is 5.56 Å². The summed E-state index contributed by atoms with van der Waals surface area (Å²) in [5.74, 6) is 0.461. The van der Waals surface area contributed by atoms with E-state index in [1.807, 2.05) is 18.2 Å². The highest BCUT2D eigenvalue weighted by Gasteiger charge is 2.49. The lowest BCUT2D eigenvalue weighted by Gasteiger charge is -2.19. The van der Waals surface area contributed by atoms with Crippen LogP contribution in [0.4, 0.5) is 0 Å². The average molecular weight is 219 g/mol. The summed E-state index contributed by atoms with van der Waals surface area (Å²) in [6, 6.07) is 10.8. The van der Waals surface area contributed by atoms with Gasteiger partial charge in [-0.05, 0) is 12.5 Å². The second-order valence-electron chi connectivity index (χ2n) is 4.68. The van der Waals surface area contributed by atoms with Crippen LogP contribution in [0.15, 0.2) is 30.3 Å². The van der Waals surface area contributed by atoms with Crippen molar-refractivity contribution in [2.24, 2.45) is 5.92 Å². The third kappa shape index (κ3) is 1.47. The molecule has 2 aliphatic rings. The molecule has 0 N–H and O–H groups in total. The number of benzene rings is 1. The van der Waals surface area contributed by atoms with Crippen molar-refractivity contribution >= 4 is 0 Å². The summed E-state index contributed by atoms with van der Waals surface area (Å²) in [4.78, 5) is 5.94. The van der Waals surface area contributed by atoms with Gasteiger partial charge in [0.1, 0.15) is 6.10 Å². The fraction of sp³-hybridized carbons (Fsp3) is 0.538. The zero-order valence-electron chi connectivity index (χ0n) is 9.67. The van der Waals surface area contributed by atoms with Crippen molar-refractivity contribution in [2.75, 3.05) is 13.7 Å². The largest absolute Gasteiger partial charge is 0.376 e. The van der Waals surface area contributed by atoms with Crippen LogP contribution in [-0.2, 0) is 9.57 Å². The summed E-state index contributed by atoms with van der Waals surface area (Å²) in [7, 11) is 2.01. The van der Waals surface area contributed by atoms with Gasteiger partial charge in [0.05, 0.1) is 18.8 Å². The van der Waals surface area contributed by atoms with Crippen molar-refractivity contribution < 1.29 is 9.57 Å². The first-order valence-corrected chi connectivity index (χ1v) is 5.83. The van der Waals surface area contributed by atoms with E-state index in [4.69, 9.17) is 9.57 Å². The van der Waals surface area contributed by atoms with Gasteiger partial charge in [-0.1, -0.05) is 30.3 Å². The Hall–Kier alpha value is -0.900. The van der Waals surface area contributed by atoms with Crippen molar-refractivity contribution in [3.8, 4) is 0 Å². The number of hydrogen-bond acceptors (Lipinski definition) is 3. The molecule has 0 aromatic heterocycles. The number of rotatable bonds is 1. The van der Waals surface area contributed by atoms with E-state index in [0.29, 0.717) is 12.0 Å². The molecule has 0 bridgehead atoms. The van der Waals surface area contributed by atoms with Gasteiger partial charge < -0.3 is 4.74 Å². The molecule has 4 atom stereocenters. The third-order valence-electron chi connectivity index (χ3n) is 3.69. The van der Waals surface area contributed by atoms with Crippen LogP contribution in [0, 0.1) is 5.92 Å². The maximum absolute atomic E-state index is 5.94. The maximum Gasteiger partial charge on any atom is 0.111 e. The molecule has 3 rings (SSSR count). The molecule has 1 aromatic rings. The Morgan fingerprint density at radius 2 is 2.00 bits per heavy atom. The van der Waals surface area contributed by atoms with Gasteiger partial charge in [0.15, 0.2) is 0 Å². The number of fused-ring (bicyclic) bond motifs is 1. The highest BCUT2D eigenvalue weighted by Crippen LogP contribution is 2.43. The summed E-state index contributed by atoms with van der Waals surface area (Å²) >= 11 is 0. The first-order chi connectivity index (χ1) is 7.77. The zero-order valence-corrected chi connectivity index (χ0v) is 9.67. The van der Waals surface area contributed by atoms with Crippen molar-refractivity contribution in [3.05, 3.63) is 35.9 Å². The quantitative estimate of drug-likeness (QED) is 0.721.